The maximum Gasteiger partial charge on any atom is 0.316 e. The summed E-state index contributed by atoms with van der Waals surface area (Å²) in [6.07, 6.45) is 1.87. The molecular weight excluding hydrogens is 490 g/mol. The molecular formula is C22H31ClF2N4O4S. The van der Waals surface area contributed by atoms with Crippen molar-refractivity contribution in [2.24, 2.45) is 0 Å². The standard InChI is InChI=1S/C22H31ClF2N4O4S/c1-15(2)34(31,32)28-8-6-27(7-9-28)19-14-26-29(18-12-16(24)11-17(25)13-18)21(30)20(19)33-10-5-22(3,4)23/h11-15,31-32H,5-10H2,1-4H3. The van der Waals surface area contributed by atoms with Gasteiger partial charge in [-0.1, -0.05) is 0 Å². The molecule has 0 amide bonds. The molecule has 1 aromatic carbocycles. The number of hydrogen-bond donors (Lipinski definition) is 2. The fourth-order valence-electron chi connectivity index (χ4n) is 3.53. The van der Waals surface area contributed by atoms with E-state index < -0.39 is 32.8 Å². The van der Waals surface area contributed by atoms with Crippen LogP contribution in [0.4, 0.5) is 14.5 Å². The molecule has 190 valence electrons. The van der Waals surface area contributed by atoms with Gasteiger partial charge in [-0.2, -0.15) is 9.78 Å². The number of nitrogens with zero attached hydrogens (tertiary/aromatic N) is 4. The van der Waals surface area contributed by atoms with Gasteiger partial charge in [0.15, 0.2) is 0 Å². The van der Waals surface area contributed by atoms with E-state index >= 15 is 0 Å². The molecule has 1 aliphatic rings. The lowest BCUT2D eigenvalue weighted by Gasteiger charge is -2.49. The number of alkyl halides is 1. The Labute approximate surface area is 204 Å². The minimum absolute atomic E-state index is 0.00972. The summed E-state index contributed by atoms with van der Waals surface area (Å²) in [6, 6.07) is 2.74. The van der Waals surface area contributed by atoms with Crippen LogP contribution < -0.4 is 15.2 Å². The Hall–Kier alpha value is -1.92. The molecule has 1 fully saturated rings. The highest BCUT2D eigenvalue weighted by molar-refractivity contribution is 8.22. The van der Waals surface area contributed by atoms with Gasteiger partial charge in [0.05, 0.1) is 23.7 Å². The fourth-order valence-corrected chi connectivity index (χ4v) is 4.90. The van der Waals surface area contributed by atoms with Gasteiger partial charge in [0.1, 0.15) is 17.3 Å². The summed E-state index contributed by atoms with van der Waals surface area (Å²) in [5.41, 5.74) is -0.303. The number of hydrogen-bond acceptors (Lipinski definition) is 7. The molecule has 0 bridgehead atoms. The van der Waals surface area contributed by atoms with Crippen LogP contribution in [0.15, 0.2) is 29.2 Å². The molecule has 2 N–H and O–H groups in total. The number of rotatable bonds is 8. The Morgan fingerprint density at radius 2 is 1.74 bits per heavy atom. The molecule has 0 atom stereocenters. The Morgan fingerprint density at radius 1 is 1.15 bits per heavy atom. The van der Waals surface area contributed by atoms with E-state index in [-0.39, 0.29) is 23.3 Å². The van der Waals surface area contributed by atoms with Crippen molar-refractivity contribution in [3.8, 4) is 11.4 Å². The van der Waals surface area contributed by atoms with Gasteiger partial charge in [-0.3, -0.25) is 13.9 Å². The Bertz CT molecular complexity index is 1050. The second-order valence-corrected chi connectivity index (χ2v) is 12.7. The summed E-state index contributed by atoms with van der Waals surface area (Å²) in [4.78, 5) is 14.6. The summed E-state index contributed by atoms with van der Waals surface area (Å²) in [5, 5.41) is 3.82. The van der Waals surface area contributed by atoms with Crippen LogP contribution in [0.3, 0.4) is 0 Å². The molecule has 0 unspecified atom stereocenters. The Balaban J connectivity index is 1.93. The van der Waals surface area contributed by atoms with E-state index in [1.807, 2.05) is 18.7 Å². The van der Waals surface area contributed by atoms with E-state index in [1.165, 1.54) is 6.20 Å². The highest BCUT2D eigenvalue weighted by Crippen LogP contribution is 2.48. The van der Waals surface area contributed by atoms with E-state index in [2.05, 4.69) is 5.10 Å². The highest BCUT2D eigenvalue weighted by atomic mass is 35.5. The molecule has 2 aromatic rings. The number of ether oxygens (including phenoxy) is 1. The summed E-state index contributed by atoms with van der Waals surface area (Å²) in [5.74, 6) is -1.68. The van der Waals surface area contributed by atoms with Gasteiger partial charge in [-0.25, -0.2) is 13.1 Å². The number of benzene rings is 1. The normalized spacial score (nSPS) is 16.2. The van der Waals surface area contributed by atoms with Gasteiger partial charge in [-0.15, -0.1) is 22.4 Å². The Morgan fingerprint density at radius 3 is 2.26 bits per heavy atom. The van der Waals surface area contributed by atoms with Crippen molar-refractivity contribution >= 4 is 28.1 Å². The van der Waals surface area contributed by atoms with Crippen molar-refractivity contribution in [1.82, 2.24) is 14.1 Å². The first-order valence-corrected chi connectivity index (χ1v) is 12.9. The number of piperazine rings is 1. The molecule has 0 radical (unpaired) electrons. The summed E-state index contributed by atoms with van der Waals surface area (Å²) < 4.78 is 56.8. The minimum atomic E-state index is -2.90. The molecule has 0 aliphatic carbocycles. The second kappa shape index (κ2) is 10.4. The highest BCUT2D eigenvalue weighted by Gasteiger charge is 2.31. The van der Waals surface area contributed by atoms with Crippen LogP contribution in [0.25, 0.3) is 5.69 Å². The lowest BCUT2D eigenvalue weighted by atomic mass is 10.1. The van der Waals surface area contributed by atoms with E-state index in [1.54, 1.807) is 18.2 Å². The number of anilines is 1. The molecule has 0 saturated carbocycles. The Kier molecular flexibility index (Phi) is 8.14. The fraction of sp³-hybridized carbons (Fsp3) is 0.545. The quantitative estimate of drug-likeness (QED) is 0.495. The maximum atomic E-state index is 13.8. The van der Waals surface area contributed by atoms with Crippen molar-refractivity contribution in [2.45, 2.75) is 44.2 Å². The third kappa shape index (κ3) is 6.19. The van der Waals surface area contributed by atoms with Gasteiger partial charge < -0.3 is 9.64 Å². The maximum absolute atomic E-state index is 13.8. The zero-order valence-corrected chi connectivity index (χ0v) is 21.2. The molecule has 1 saturated heterocycles. The van der Waals surface area contributed by atoms with Crippen molar-refractivity contribution in [1.29, 1.82) is 0 Å². The predicted molar refractivity (Wildman–Crippen MR) is 132 cm³/mol. The molecule has 34 heavy (non-hydrogen) atoms. The van der Waals surface area contributed by atoms with Crippen LogP contribution in [0.2, 0.25) is 0 Å². The van der Waals surface area contributed by atoms with Crippen LogP contribution >= 0.6 is 22.4 Å². The van der Waals surface area contributed by atoms with E-state index in [0.29, 0.717) is 44.4 Å². The van der Waals surface area contributed by atoms with Gasteiger partial charge in [0, 0.05) is 43.5 Å². The third-order valence-electron chi connectivity index (χ3n) is 5.54. The van der Waals surface area contributed by atoms with Gasteiger partial charge in [0.25, 0.3) is 0 Å². The van der Waals surface area contributed by atoms with Gasteiger partial charge in [-0.05, 0) is 39.8 Å². The molecule has 2 heterocycles. The third-order valence-corrected chi connectivity index (χ3v) is 8.12. The van der Waals surface area contributed by atoms with Crippen LogP contribution in [0.1, 0.15) is 34.1 Å². The number of aromatic nitrogens is 2. The van der Waals surface area contributed by atoms with Crippen LogP contribution in [0.5, 0.6) is 5.75 Å². The topological polar surface area (TPSA) is 91.1 Å². The summed E-state index contributed by atoms with van der Waals surface area (Å²) in [6.45, 7) is 8.85. The smallest absolute Gasteiger partial charge is 0.316 e. The van der Waals surface area contributed by atoms with E-state index in [9.17, 15) is 22.7 Å². The summed E-state index contributed by atoms with van der Waals surface area (Å²) >= 11 is 6.25. The molecule has 12 heteroatoms. The molecule has 3 rings (SSSR count). The van der Waals surface area contributed by atoms with Crippen LogP contribution in [0, 0.1) is 11.6 Å². The second-order valence-electron chi connectivity index (χ2n) is 9.05. The zero-order chi connectivity index (χ0) is 25.3. The lowest BCUT2D eigenvalue weighted by molar-refractivity contribution is 0.287. The predicted octanol–water partition coefficient (Wildman–Crippen LogP) is 4.49. The zero-order valence-electron chi connectivity index (χ0n) is 19.7. The number of halogens is 3. The minimum Gasteiger partial charge on any atom is -0.486 e. The van der Waals surface area contributed by atoms with E-state index in [0.717, 1.165) is 16.8 Å². The van der Waals surface area contributed by atoms with Crippen molar-refractivity contribution in [2.75, 3.05) is 37.7 Å². The van der Waals surface area contributed by atoms with E-state index in [4.69, 9.17) is 16.3 Å². The first-order chi connectivity index (χ1) is 15.8. The first kappa shape index (κ1) is 26.7. The first-order valence-electron chi connectivity index (χ1n) is 11.0. The molecule has 8 nitrogen and oxygen atoms in total. The monoisotopic (exact) mass is 520 g/mol. The van der Waals surface area contributed by atoms with Crippen molar-refractivity contribution in [3.05, 3.63) is 46.4 Å². The largest absolute Gasteiger partial charge is 0.486 e. The van der Waals surface area contributed by atoms with Gasteiger partial charge >= 0.3 is 5.56 Å². The van der Waals surface area contributed by atoms with Crippen molar-refractivity contribution < 1.29 is 22.6 Å². The average molecular weight is 521 g/mol. The van der Waals surface area contributed by atoms with Crippen LogP contribution in [-0.4, -0.2) is 66.1 Å². The average Bonchev–Trinajstić information content (AvgIpc) is 2.73. The summed E-state index contributed by atoms with van der Waals surface area (Å²) in [7, 11) is -2.90. The molecule has 1 aliphatic heterocycles. The lowest BCUT2D eigenvalue weighted by Crippen LogP contribution is -2.49. The molecule has 1 aromatic heterocycles. The van der Waals surface area contributed by atoms with Crippen LogP contribution in [-0.2, 0) is 0 Å². The molecule has 0 spiro atoms. The SMILES string of the molecule is CC(C)S(O)(O)N1CCN(c2cnn(-c3cc(F)cc(F)c3)c(=O)c2OCCC(C)(C)Cl)CC1. The van der Waals surface area contributed by atoms with Gasteiger partial charge in [0.2, 0.25) is 5.75 Å². The van der Waals surface area contributed by atoms with Crippen molar-refractivity contribution in [3.63, 3.8) is 0 Å².